The predicted octanol–water partition coefficient (Wildman–Crippen LogP) is 3.77. The molecule has 2 fully saturated rings. The fourth-order valence-electron chi connectivity index (χ4n) is 4.62. The molecule has 0 bridgehead atoms. The first kappa shape index (κ1) is 20.8. The van der Waals surface area contributed by atoms with Crippen LogP contribution in [-0.2, 0) is 20.9 Å². The van der Waals surface area contributed by atoms with Gasteiger partial charge >= 0.3 is 12.0 Å². The second-order valence-corrected chi connectivity index (χ2v) is 9.57. The van der Waals surface area contributed by atoms with Crippen LogP contribution in [0.2, 0.25) is 0 Å². The highest BCUT2D eigenvalue weighted by atomic mass is 79.9. The van der Waals surface area contributed by atoms with Gasteiger partial charge in [0, 0.05) is 10.0 Å². The number of nitrogens with zero attached hydrogens (tertiary/aromatic N) is 1. The zero-order valence-electron chi connectivity index (χ0n) is 16.2. The highest BCUT2D eigenvalue weighted by Crippen LogP contribution is 2.46. The van der Waals surface area contributed by atoms with Crippen molar-refractivity contribution < 1.29 is 23.5 Å². The number of benzene rings is 1. The third-order valence-corrected chi connectivity index (χ3v) is 5.81. The van der Waals surface area contributed by atoms with Gasteiger partial charge in [-0.3, -0.25) is 14.5 Å². The minimum Gasteiger partial charge on any atom is -0.459 e. The first-order valence-electron chi connectivity index (χ1n) is 9.25. The number of hydrogen-bond acceptors (Lipinski definition) is 4. The number of amides is 3. The van der Waals surface area contributed by atoms with E-state index in [0.29, 0.717) is 17.3 Å². The van der Waals surface area contributed by atoms with Crippen molar-refractivity contribution in [3.63, 3.8) is 0 Å². The van der Waals surface area contributed by atoms with Crippen molar-refractivity contribution in [3.05, 3.63) is 34.1 Å². The maximum Gasteiger partial charge on any atom is 0.326 e. The van der Waals surface area contributed by atoms with E-state index in [1.807, 2.05) is 0 Å². The van der Waals surface area contributed by atoms with Crippen molar-refractivity contribution in [2.24, 2.45) is 11.3 Å². The minimum atomic E-state index is -0.962. The Kier molecular flexibility index (Phi) is 5.53. The van der Waals surface area contributed by atoms with Crippen molar-refractivity contribution >= 4 is 33.8 Å². The van der Waals surface area contributed by atoms with Crippen molar-refractivity contribution in [2.45, 2.75) is 52.2 Å². The molecule has 1 spiro atoms. The Hall–Kier alpha value is -1.96. The lowest BCUT2D eigenvalue weighted by molar-refractivity contribution is -0.149. The second kappa shape index (κ2) is 7.46. The lowest BCUT2D eigenvalue weighted by Gasteiger charge is -2.43. The Morgan fingerprint density at radius 3 is 2.71 bits per heavy atom. The second-order valence-electron chi connectivity index (χ2n) is 8.65. The highest BCUT2D eigenvalue weighted by molar-refractivity contribution is 9.10. The molecule has 3 rings (SSSR count). The third kappa shape index (κ3) is 4.21. The number of halogens is 2. The molecule has 6 nitrogen and oxygen atoms in total. The summed E-state index contributed by atoms with van der Waals surface area (Å²) < 4.78 is 19.5. The minimum absolute atomic E-state index is 0.0871. The number of rotatable bonds is 4. The van der Waals surface area contributed by atoms with E-state index >= 15 is 0 Å². The van der Waals surface area contributed by atoms with Crippen LogP contribution in [0.4, 0.5) is 9.18 Å². The Morgan fingerprint density at radius 2 is 2.07 bits per heavy atom. The quantitative estimate of drug-likeness (QED) is 0.554. The molecule has 1 heterocycles. The number of nitrogens with one attached hydrogen (secondary N) is 1. The van der Waals surface area contributed by atoms with Gasteiger partial charge < -0.3 is 10.1 Å². The van der Waals surface area contributed by atoms with E-state index in [2.05, 4.69) is 42.0 Å². The van der Waals surface area contributed by atoms with E-state index in [-0.39, 0.29) is 29.4 Å². The molecule has 2 atom stereocenters. The van der Waals surface area contributed by atoms with E-state index in [0.717, 1.165) is 11.3 Å². The van der Waals surface area contributed by atoms with Crippen LogP contribution < -0.4 is 5.32 Å². The molecule has 1 saturated heterocycles. The van der Waals surface area contributed by atoms with Gasteiger partial charge in [0.2, 0.25) is 0 Å². The third-order valence-electron chi connectivity index (χ3n) is 5.32. The average Bonchev–Trinajstić information content (AvgIpc) is 2.75. The SMILES string of the molecule is C[C@@H]1CC(C)(C)C[C@@]2(C1)NC(=O)N(CC(=O)OCc1ccc(Br)cc1F)C2=O. The molecule has 28 heavy (non-hydrogen) atoms. The molecule has 0 unspecified atom stereocenters. The number of imide groups is 1. The predicted molar refractivity (Wildman–Crippen MR) is 104 cm³/mol. The molecule has 152 valence electrons. The zero-order valence-corrected chi connectivity index (χ0v) is 17.8. The molecular weight excluding hydrogens is 431 g/mol. The van der Waals surface area contributed by atoms with Gasteiger partial charge in [0.05, 0.1) is 0 Å². The fourth-order valence-corrected chi connectivity index (χ4v) is 4.95. The molecule has 8 heteroatoms. The molecule has 0 aromatic heterocycles. The van der Waals surface area contributed by atoms with Crippen molar-refractivity contribution in [3.8, 4) is 0 Å². The Balaban J connectivity index is 1.65. The van der Waals surface area contributed by atoms with E-state index in [1.165, 1.54) is 12.1 Å². The highest BCUT2D eigenvalue weighted by Gasteiger charge is 2.56. The van der Waals surface area contributed by atoms with Crippen LogP contribution in [0.1, 0.15) is 45.6 Å². The molecule has 2 aliphatic rings. The van der Waals surface area contributed by atoms with Gasteiger partial charge in [0.25, 0.3) is 5.91 Å². The molecule has 1 aromatic rings. The number of carbonyl (C=O) groups excluding carboxylic acids is 3. The lowest BCUT2D eigenvalue weighted by atomic mass is 9.64. The number of carbonyl (C=O) groups is 3. The van der Waals surface area contributed by atoms with Gasteiger partial charge in [-0.1, -0.05) is 42.8 Å². The Bertz CT molecular complexity index is 828. The van der Waals surface area contributed by atoms with Gasteiger partial charge in [-0.25, -0.2) is 9.18 Å². The first-order valence-corrected chi connectivity index (χ1v) is 10.0. The number of esters is 1. The summed E-state index contributed by atoms with van der Waals surface area (Å²) in [5.74, 6) is -1.37. The van der Waals surface area contributed by atoms with Crippen LogP contribution in [0.15, 0.2) is 22.7 Å². The molecule has 1 aromatic carbocycles. The van der Waals surface area contributed by atoms with E-state index in [4.69, 9.17) is 4.74 Å². The van der Waals surface area contributed by atoms with Crippen molar-refractivity contribution in [1.29, 1.82) is 0 Å². The number of hydrogen-bond donors (Lipinski definition) is 1. The topological polar surface area (TPSA) is 75.7 Å². The van der Waals surface area contributed by atoms with Gasteiger partial charge in [-0.2, -0.15) is 0 Å². The lowest BCUT2D eigenvalue weighted by Crippen LogP contribution is -2.54. The average molecular weight is 455 g/mol. The molecule has 1 N–H and O–H groups in total. The monoisotopic (exact) mass is 454 g/mol. The normalized spacial score (nSPS) is 26.5. The maximum absolute atomic E-state index is 13.8. The fraction of sp³-hybridized carbons (Fsp3) is 0.550. The van der Waals surface area contributed by atoms with E-state index < -0.39 is 29.9 Å². The van der Waals surface area contributed by atoms with Crippen LogP contribution in [-0.4, -0.2) is 34.9 Å². The summed E-state index contributed by atoms with van der Waals surface area (Å²) in [5.41, 5.74) is -0.833. The van der Waals surface area contributed by atoms with Gasteiger partial charge in [0.1, 0.15) is 24.5 Å². The maximum atomic E-state index is 13.8. The van der Waals surface area contributed by atoms with Gasteiger partial charge in [0.15, 0.2) is 0 Å². The standard InChI is InChI=1S/C20H24BrFN2O4/c1-12-7-19(2,3)11-20(8-12)17(26)24(18(27)23-20)9-16(25)28-10-13-4-5-14(21)6-15(13)22/h4-6,12H,7-11H2,1-3H3,(H,23,27)/t12-,20-/m1/s1. The summed E-state index contributed by atoms with van der Waals surface area (Å²) in [6, 6.07) is 3.83. The smallest absolute Gasteiger partial charge is 0.326 e. The van der Waals surface area contributed by atoms with Crippen molar-refractivity contribution in [2.75, 3.05) is 6.54 Å². The zero-order chi connectivity index (χ0) is 20.7. The number of urea groups is 1. The summed E-state index contributed by atoms with van der Waals surface area (Å²) in [7, 11) is 0. The summed E-state index contributed by atoms with van der Waals surface area (Å²) in [6.45, 7) is 5.46. The van der Waals surface area contributed by atoms with E-state index in [1.54, 1.807) is 6.07 Å². The Morgan fingerprint density at radius 1 is 1.36 bits per heavy atom. The van der Waals surface area contributed by atoms with Crippen LogP contribution in [0.25, 0.3) is 0 Å². The number of ether oxygens (including phenoxy) is 1. The summed E-state index contributed by atoms with van der Waals surface area (Å²) in [6.07, 6.45) is 2.06. The van der Waals surface area contributed by atoms with Crippen LogP contribution in [0.3, 0.4) is 0 Å². The summed E-state index contributed by atoms with van der Waals surface area (Å²) in [4.78, 5) is 38.5. The largest absolute Gasteiger partial charge is 0.459 e. The van der Waals surface area contributed by atoms with E-state index in [9.17, 15) is 18.8 Å². The van der Waals surface area contributed by atoms with Crippen LogP contribution in [0, 0.1) is 17.2 Å². The van der Waals surface area contributed by atoms with Crippen LogP contribution >= 0.6 is 15.9 Å². The Labute approximate surface area is 171 Å². The first-order chi connectivity index (χ1) is 13.0. The molecule has 3 amide bonds. The van der Waals surface area contributed by atoms with Gasteiger partial charge in [-0.15, -0.1) is 0 Å². The molecule has 1 aliphatic carbocycles. The molecule has 0 radical (unpaired) electrons. The van der Waals surface area contributed by atoms with Gasteiger partial charge in [-0.05, 0) is 42.7 Å². The molecule has 1 aliphatic heterocycles. The van der Waals surface area contributed by atoms with Crippen LogP contribution in [0.5, 0.6) is 0 Å². The summed E-state index contributed by atoms with van der Waals surface area (Å²) >= 11 is 3.16. The molecule has 1 saturated carbocycles. The molecular formula is C20H24BrFN2O4. The van der Waals surface area contributed by atoms with Crippen molar-refractivity contribution in [1.82, 2.24) is 10.2 Å². The summed E-state index contributed by atoms with van der Waals surface area (Å²) in [5, 5.41) is 2.81.